The maximum atomic E-state index is 13.0. The van der Waals surface area contributed by atoms with Crippen LogP contribution in [0.5, 0.6) is 5.75 Å². The van der Waals surface area contributed by atoms with Crippen molar-refractivity contribution in [2.45, 2.75) is 11.8 Å². The number of hydrogen-bond acceptors (Lipinski definition) is 4. The first-order valence-electron chi connectivity index (χ1n) is 7.21. The normalized spacial score (nSPS) is 20.0. The van der Waals surface area contributed by atoms with Crippen LogP contribution in [0.2, 0.25) is 0 Å². The predicted molar refractivity (Wildman–Crippen MR) is 82.9 cm³/mol. The molecular formula is C17H12F3NO4. The molecule has 130 valence electrons. The van der Waals surface area contributed by atoms with Gasteiger partial charge in [0.15, 0.2) is 0 Å². The number of benzene rings is 2. The summed E-state index contributed by atoms with van der Waals surface area (Å²) in [6.07, 6.45) is -1.89. The van der Waals surface area contributed by atoms with E-state index >= 15 is 0 Å². The lowest BCUT2D eigenvalue weighted by molar-refractivity contribution is -0.386. The van der Waals surface area contributed by atoms with Crippen LogP contribution in [-0.2, 0) is 16.5 Å². The van der Waals surface area contributed by atoms with E-state index in [4.69, 9.17) is 4.74 Å². The highest BCUT2D eigenvalue weighted by Crippen LogP contribution is 2.47. The van der Waals surface area contributed by atoms with Gasteiger partial charge in [0.25, 0.3) is 0 Å². The molecule has 2 aromatic rings. The summed E-state index contributed by atoms with van der Waals surface area (Å²) in [6.45, 7) is 0.104. The Morgan fingerprint density at radius 1 is 1.20 bits per heavy atom. The molecule has 0 bridgehead atoms. The minimum absolute atomic E-state index is 0.0604. The fraction of sp³-hybridized carbons (Fsp3) is 0.176. The van der Waals surface area contributed by atoms with E-state index in [0.29, 0.717) is 0 Å². The molecule has 1 saturated heterocycles. The van der Waals surface area contributed by atoms with Gasteiger partial charge >= 0.3 is 11.9 Å². The fourth-order valence-electron chi connectivity index (χ4n) is 2.56. The largest absolute Gasteiger partial charge is 0.502 e. The highest BCUT2D eigenvalue weighted by molar-refractivity contribution is 5.61. The smallest absolute Gasteiger partial charge is 0.416 e. The van der Waals surface area contributed by atoms with Crippen molar-refractivity contribution >= 4 is 11.8 Å². The number of halogens is 3. The molecule has 1 fully saturated rings. The third kappa shape index (κ3) is 3.20. The monoisotopic (exact) mass is 351 g/mol. The van der Waals surface area contributed by atoms with Crippen molar-refractivity contribution in [3.8, 4) is 5.75 Å². The number of phenolic OH excluding ortho intramolecular Hbond substituents is 1. The first-order chi connectivity index (χ1) is 11.7. The van der Waals surface area contributed by atoms with Gasteiger partial charge in [-0.05, 0) is 17.7 Å². The number of rotatable bonds is 4. The molecule has 1 N–H and O–H groups in total. The number of epoxide rings is 1. The van der Waals surface area contributed by atoms with Gasteiger partial charge in [0.05, 0.1) is 17.1 Å². The third-order valence-corrected chi connectivity index (χ3v) is 3.92. The molecule has 0 aliphatic carbocycles. The first kappa shape index (κ1) is 17.0. The molecule has 0 radical (unpaired) electrons. The number of ether oxygens (including phenoxy) is 1. The van der Waals surface area contributed by atoms with E-state index in [1.54, 1.807) is 0 Å². The number of para-hydroxylation sites is 1. The second kappa shape index (κ2) is 5.89. The summed E-state index contributed by atoms with van der Waals surface area (Å²) in [6, 6.07) is 8.99. The van der Waals surface area contributed by atoms with E-state index in [9.17, 15) is 28.4 Å². The second-order valence-corrected chi connectivity index (χ2v) is 5.53. The van der Waals surface area contributed by atoms with E-state index in [-0.39, 0.29) is 17.7 Å². The quantitative estimate of drug-likeness (QED) is 0.507. The lowest BCUT2D eigenvalue weighted by Gasteiger charge is -2.12. The summed E-state index contributed by atoms with van der Waals surface area (Å²) in [7, 11) is 0. The lowest BCUT2D eigenvalue weighted by atomic mass is 9.96. The zero-order chi connectivity index (χ0) is 18.2. The molecule has 0 spiro atoms. The molecule has 1 unspecified atom stereocenters. The van der Waals surface area contributed by atoms with E-state index in [1.807, 2.05) is 0 Å². The van der Waals surface area contributed by atoms with Crippen molar-refractivity contribution in [1.82, 2.24) is 0 Å². The average molecular weight is 351 g/mol. The minimum Gasteiger partial charge on any atom is -0.502 e. The summed E-state index contributed by atoms with van der Waals surface area (Å²) in [5, 5.41) is 21.0. The number of alkyl halides is 3. The molecule has 25 heavy (non-hydrogen) atoms. The molecule has 2 aromatic carbocycles. The lowest BCUT2D eigenvalue weighted by Crippen LogP contribution is -2.08. The van der Waals surface area contributed by atoms with Gasteiger partial charge in [0.1, 0.15) is 5.60 Å². The molecule has 1 atom stereocenters. The zero-order valence-electron chi connectivity index (χ0n) is 12.7. The van der Waals surface area contributed by atoms with Crippen LogP contribution in [-0.4, -0.2) is 16.6 Å². The average Bonchev–Trinajstić information content (AvgIpc) is 3.33. The van der Waals surface area contributed by atoms with Crippen molar-refractivity contribution in [3.63, 3.8) is 0 Å². The van der Waals surface area contributed by atoms with Crippen LogP contribution in [0.25, 0.3) is 6.08 Å². The van der Waals surface area contributed by atoms with Gasteiger partial charge in [-0.25, -0.2) is 0 Å². The maximum absolute atomic E-state index is 13.0. The first-order valence-corrected chi connectivity index (χ1v) is 7.21. The Morgan fingerprint density at radius 3 is 2.48 bits per heavy atom. The van der Waals surface area contributed by atoms with Crippen LogP contribution in [0.1, 0.15) is 16.7 Å². The molecule has 0 saturated carbocycles. The minimum atomic E-state index is -4.51. The van der Waals surface area contributed by atoms with E-state index < -0.39 is 33.7 Å². The Morgan fingerprint density at radius 2 is 1.88 bits per heavy atom. The Balaban J connectivity index is 1.99. The number of hydrogen-bond donors (Lipinski definition) is 1. The van der Waals surface area contributed by atoms with Gasteiger partial charge < -0.3 is 9.84 Å². The fourth-order valence-corrected chi connectivity index (χ4v) is 2.56. The Bertz CT molecular complexity index is 857. The molecule has 1 heterocycles. The summed E-state index contributed by atoms with van der Waals surface area (Å²) >= 11 is 0. The number of nitrogens with zero attached hydrogens (tertiary/aromatic N) is 1. The zero-order valence-corrected chi connectivity index (χ0v) is 12.7. The van der Waals surface area contributed by atoms with E-state index in [0.717, 1.165) is 12.1 Å². The third-order valence-electron chi connectivity index (χ3n) is 3.92. The SMILES string of the molecule is O=[N+]([O-])c1cccc(C2(/C=C/c3ccccc3C(F)(F)F)CO2)c1O. The Labute approximate surface area is 140 Å². The van der Waals surface area contributed by atoms with Gasteiger partial charge in [-0.3, -0.25) is 10.1 Å². The van der Waals surface area contributed by atoms with Crippen LogP contribution < -0.4 is 0 Å². The highest BCUT2D eigenvalue weighted by atomic mass is 19.4. The van der Waals surface area contributed by atoms with Crippen LogP contribution in [0.15, 0.2) is 48.5 Å². The maximum Gasteiger partial charge on any atom is 0.416 e. The van der Waals surface area contributed by atoms with Crippen molar-refractivity contribution in [2.75, 3.05) is 6.61 Å². The second-order valence-electron chi connectivity index (χ2n) is 5.53. The number of nitro groups is 1. The molecular weight excluding hydrogens is 339 g/mol. The molecule has 1 aliphatic heterocycles. The van der Waals surface area contributed by atoms with Crippen LogP contribution in [0.4, 0.5) is 18.9 Å². The van der Waals surface area contributed by atoms with Crippen molar-refractivity contribution in [1.29, 1.82) is 0 Å². The number of nitro benzene ring substituents is 1. The van der Waals surface area contributed by atoms with Gasteiger partial charge in [-0.1, -0.05) is 36.4 Å². The van der Waals surface area contributed by atoms with Crippen molar-refractivity contribution < 1.29 is 27.9 Å². The number of aromatic hydroxyl groups is 1. The molecule has 8 heteroatoms. The molecule has 0 aromatic heterocycles. The molecule has 5 nitrogen and oxygen atoms in total. The molecule has 1 aliphatic rings. The van der Waals surface area contributed by atoms with E-state index in [1.165, 1.54) is 42.5 Å². The van der Waals surface area contributed by atoms with Crippen molar-refractivity contribution in [3.05, 3.63) is 75.3 Å². The summed E-state index contributed by atoms with van der Waals surface area (Å²) in [5.74, 6) is -0.557. The van der Waals surface area contributed by atoms with Gasteiger partial charge in [0.2, 0.25) is 5.75 Å². The van der Waals surface area contributed by atoms with E-state index in [2.05, 4.69) is 0 Å². The van der Waals surface area contributed by atoms with Gasteiger partial charge in [-0.2, -0.15) is 13.2 Å². The standard InChI is InChI=1S/C17H12F3NO4/c18-17(19,20)12-5-2-1-4-11(12)8-9-16(10-25-16)13-6-3-7-14(15(13)22)21(23)24/h1-9,22H,10H2/b9-8+. The number of phenols is 1. The Hall–Kier alpha value is -2.87. The highest BCUT2D eigenvalue weighted by Gasteiger charge is 2.47. The van der Waals surface area contributed by atoms with Gasteiger partial charge in [0, 0.05) is 11.6 Å². The Kier molecular flexibility index (Phi) is 4.00. The summed E-state index contributed by atoms with van der Waals surface area (Å²) < 4.78 is 44.4. The van der Waals surface area contributed by atoms with Gasteiger partial charge in [-0.15, -0.1) is 0 Å². The summed E-state index contributed by atoms with van der Waals surface area (Å²) in [5.41, 5.74) is -2.38. The molecule has 3 rings (SSSR count). The predicted octanol–water partition coefficient (Wildman–Crippen LogP) is 4.26. The molecule has 0 amide bonds. The van der Waals surface area contributed by atoms with Crippen molar-refractivity contribution in [2.24, 2.45) is 0 Å². The summed E-state index contributed by atoms with van der Waals surface area (Å²) in [4.78, 5) is 10.2. The van der Waals surface area contributed by atoms with Crippen LogP contribution in [0, 0.1) is 10.1 Å². The van der Waals surface area contributed by atoms with Crippen LogP contribution in [0.3, 0.4) is 0 Å². The van der Waals surface area contributed by atoms with Crippen LogP contribution >= 0.6 is 0 Å². The topological polar surface area (TPSA) is 75.9 Å².